The van der Waals surface area contributed by atoms with Crippen molar-refractivity contribution in [3.63, 3.8) is 0 Å². The molecule has 68 heavy (non-hydrogen) atoms. The maximum Gasteiger partial charge on any atom is 0.140 e. The van der Waals surface area contributed by atoms with Gasteiger partial charge in [-0.05, 0) is 114 Å². The van der Waals surface area contributed by atoms with Crippen molar-refractivity contribution in [3.8, 4) is 56.0 Å². The van der Waals surface area contributed by atoms with E-state index in [1.807, 2.05) is 0 Å². The molecule has 0 bridgehead atoms. The van der Waals surface area contributed by atoms with E-state index >= 15 is 0 Å². The van der Waals surface area contributed by atoms with Gasteiger partial charge in [-0.2, -0.15) is 0 Å². The van der Waals surface area contributed by atoms with E-state index in [-0.39, 0.29) is 5.41 Å². The number of hydrogen-bond acceptors (Lipinski definition) is 2. The van der Waals surface area contributed by atoms with Crippen molar-refractivity contribution in [3.05, 3.63) is 270 Å². The summed E-state index contributed by atoms with van der Waals surface area (Å²) < 4.78 is 7.22. The summed E-state index contributed by atoms with van der Waals surface area (Å²) in [6.07, 6.45) is 0. The summed E-state index contributed by atoms with van der Waals surface area (Å²) in [6, 6.07) is 87.3. The third-order valence-electron chi connectivity index (χ3n) is 15.3. The molecule has 0 N–H and O–H groups in total. The molecule has 14 rings (SSSR count). The lowest BCUT2D eigenvalue weighted by Gasteiger charge is -2.40. The van der Waals surface area contributed by atoms with Crippen LogP contribution in [0.5, 0.6) is 11.5 Å². The highest BCUT2D eigenvalue weighted by Crippen LogP contribution is 2.65. The van der Waals surface area contributed by atoms with E-state index in [4.69, 9.17) is 4.74 Å². The second kappa shape index (κ2) is 14.5. The number of hydrogen-bond donors (Lipinski definition) is 0. The molecule has 0 atom stereocenters. The van der Waals surface area contributed by atoms with Crippen LogP contribution >= 0.6 is 0 Å². The van der Waals surface area contributed by atoms with Gasteiger partial charge in [-0.3, -0.25) is 0 Å². The zero-order valence-corrected chi connectivity index (χ0v) is 37.9. The zero-order valence-electron chi connectivity index (χ0n) is 37.9. The molecule has 1 aliphatic heterocycles. The Morgan fingerprint density at radius 1 is 0.324 bits per heavy atom. The van der Waals surface area contributed by atoms with Gasteiger partial charge in [0.2, 0.25) is 0 Å². The average Bonchev–Trinajstić information content (AvgIpc) is 3.82. The summed E-state index contributed by atoms with van der Waals surface area (Å²) in [6.45, 7) is 4.72. The molecule has 0 fully saturated rings. The first-order valence-electron chi connectivity index (χ1n) is 23.7. The fraction of sp³-hybridized carbons (Fsp3) is 0.0606. The second-order valence-corrected chi connectivity index (χ2v) is 19.1. The topological polar surface area (TPSA) is 12.5 Å². The van der Waals surface area contributed by atoms with Gasteiger partial charge in [-0.1, -0.05) is 214 Å². The van der Waals surface area contributed by atoms with Crippen molar-refractivity contribution in [1.29, 1.82) is 0 Å². The van der Waals surface area contributed by atoms with Gasteiger partial charge in [-0.15, -0.1) is 0 Å². The van der Waals surface area contributed by atoms with Gasteiger partial charge in [0.25, 0.3) is 0 Å². The van der Waals surface area contributed by atoms with Gasteiger partial charge < -0.3 is 9.64 Å². The Kier molecular flexibility index (Phi) is 8.28. The molecule has 2 heteroatoms. The largest absolute Gasteiger partial charge is 0.455 e. The summed E-state index contributed by atoms with van der Waals surface area (Å²) in [5.74, 6) is 1.86. The van der Waals surface area contributed by atoms with E-state index in [9.17, 15) is 0 Å². The maximum absolute atomic E-state index is 7.22. The Hall–Kier alpha value is -8.46. The lowest BCUT2D eigenvalue weighted by Crippen LogP contribution is -2.32. The van der Waals surface area contributed by atoms with Crippen LogP contribution in [0.15, 0.2) is 237 Å². The Morgan fingerprint density at radius 3 is 1.50 bits per heavy atom. The van der Waals surface area contributed by atoms with E-state index in [0.717, 1.165) is 39.3 Å². The number of rotatable bonds is 5. The fourth-order valence-electron chi connectivity index (χ4n) is 12.2. The zero-order chi connectivity index (χ0) is 45.1. The third kappa shape index (κ3) is 5.40. The summed E-state index contributed by atoms with van der Waals surface area (Å²) in [5.41, 5.74) is 20.2. The lowest BCUT2D eigenvalue weighted by molar-refractivity contribution is 0.447. The monoisotopic (exact) mass is 867 g/mol. The molecule has 0 amide bonds. The minimum absolute atomic E-state index is 0.123. The number of benzene rings is 11. The summed E-state index contributed by atoms with van der Waals surface area (Å²) in [4.78, 5) is 2.42. The summed E-state index contributed by atoms with van der Waals surface area (Å²) in [7, 11) is 0. The summed E-state index contributed by atoms with van der Waals surface area (Å²) in [5, 5.41) is 4.58. The molecule has 2 aliphatic carbocycles. The average molecular weight is 868 g/mol. The molecule has 2 nitrogen and oxygen atoms in total. The van der Waals surface area contributed by atoms with Crippen LogP contribution in [0, 0.1) is 0 Å². The Morgan fingerprint density at radius 2 is 0.824 bits per heavy atom. The number of anilines is 3. The normalized spacial score (nSPS) is 14.1. The van der Waals surface area contributed by atoms with Crippen molar-refractivity contribution < 1.29 is 4.74 Å². The van der Waals surface area contributed by atoms with Crippen LogP contribution in [-0.2, 0) is 10.8 Å². The smallest absolute Gasteiger partial charge is 0.140 e. The van der Waals surface area contributed by atoms with Gasteiger partial charge in [0, 0.05) is 44.4 Å². The van der Waals surface area contributed by atoms with Crippen LogP contribution in [0.4, 0.5) is 17.1 Å². The van der Waals surface area contributed by atoms with Crippen LogP contribution in [0.1, 0.15) is 47.2 Å². The highest BCUT2D eigenvalue weighted by molar-refractivity contribution is 6.02. The predicted molar refractivity (Wildman–Crippen MR) is 282 cm³/mol. The van der Waals surface area contributed by atoms with Crippen LogP contribution in [0.3, 0.4) is 0 Å². The molecule has 320 valence electrons. The van der Waals surface area contributed by atoms with Crippen molar-refractivity contribution in [2.45, 2.75) is 24.7 Å². The summed E-state index contributed by atoms with van der Waals surface area (Å²) >= 11 is 0. The predicted octanol–water partition coefficient (Wildman–Crippen LogP) is 17.6. The van der Waals surface area contributed by atoms with E-state index < -0.39 is 5.41 Å². The van der Waals surface area contributed by atoms with Crippen molar-refractivity contribution in [1.82, 2.24) is 0 Å². The molecule has 11 aromatic rings. The molecule has 0 unspecified atom stereocenters. The van der Waals surface area contributed by atoms with E-state index in [1.165, 1.54) is 88.7 Å². The quantitative estimate of drug-likeness (QED) is 0.171. The second-order valence-electron chi connectivity index (χ2n) is 19.1. The molecule has 0 saturated heterocycles. The van der Waals surface area contributed by atoms with Crippen LogP contribution in [0.25, 0.3) is 66.1 Å². The van der Waals surface area contributed by atoms with Gasteiger partial charge in [0.1, 0.15) is 11.5 Å². The van der Waals surface area contributed by atoms with Gasteiger partial charge in [-0.25, -0.2) is 0 Å². The first kappa shape index (κ1) is 38.8. The Labute approximate surface area is 397 Å². The minimum Gasteiger partial charge on any atom is -0.455 e. The van der Waals surface area contributed by atoms with Crippen LogP contribution < -0.4 is 9.64 Å². The van der Waals surface area contributed by atoms with Crippen LogP contribution in [-0.4, -0.2) is 0 Å². The SMILES string of the molecule is CC1(C)c2ccccc2-c2ccc(N(c3ccc(-c4ccccc4)cc3)c3ccc(-c4cccc5c4-c4ccccc4C54c5ccc6ccccc6c5Oc5c4ccc4ccccc54)cc3)cc21. The minimum atomic E-state index is -0.609. The van der Waals surface area contributed by atoms with Crippen molar-refractivity contribution in [2.24, 2.45) is 0 Å². The Bertz CT molecular complexity index is 3760. The Balaban J connectivity index is 0.945. The highest BCUT2D eigenvalue weighted by Gasteiger charge is 2.52. The third-order valence-corrected chi connectivity index (χ3v) is 15.3. The standard InChI is InChI=1S/C66H45NO/c1-65(2)56-24-12-10-21-53(56)54-38-37-49(41-61(54)65)67(47-33-27-43(28-34-47)42-15-4-3-5-16-42)48-35-29-46(30-36-48)50-23-14-26-58-62(50)55-22-11-13-25-57(55)66(58)59-39-31-44-17-6-8-19-51(44)63(59)68-64-52-20-9-7-18-45(52)32-40-60(64)66/h3-41H,1-2H3. The number of fused-ring (bicyclic) bond motifs is 16. The molecule has 0 saturated carbocycles. The first-order valence-corrected chi connectivity index (χ1v) is 23.7. The van der Waals surface area contributed by atoms with Gasteiger partial charge in [0.05, 0.1) is 5.41 Å². The highest BCUT2D eigenvalue weighted by atomic mass is 16.5. The molecule has 1 spiro atoms. The van der Waals surface area contributed by atoms with Gasteiger partial charge in [0.15, 0.2) is 0 Å². The van der Waals surface area contributed by atoms with Crippen LogP contribution in [0.2, 0.25) is 0 Å². The maximum atomic E-state index is 7.22. The van der Waals surface area contributed by atoms with Crippen molar-refractivity contribution >= 4 is 38.6 Å². The lowest BCUT2D eigenvalue weighted by atomic mass is 9.65. The molecule has 0 aromatic heterocycles. The fourth-order valence-corrected chi connectivity index (χ4v) is 12.2. The molecule has 3 aliphatic rings. The molecule has 0 radical (unpaired) electrons. The van der Waals surface area contributed by atoms with E-state index in [2.05, 4.69) is 255 Å². The van der Waals surface area contributed by atoms with Gasteiger partial charge >= 0.3 is 0 Å². The molecular weight excluding hydrogens is 823 g/mol. The first-order chi connectivity index (χ1) is 33.5. The number of nitrogens with zero attached hydrogens (tertiary/aromatic N) is 1. The molecular formula is C66H45NO. The number of ether oxygens (including phenoxy) is 1. The van der Waals surface area contributed by atoms with E-state index in [0.29, 0.717) is 0 Å². The van der Waals surface area contributed by atoms with Crippen molar-refractivity contribution in [2.75, 3.05) is 4.90 Å². The van der Waals surface area contributed by atoms with E-state index in [1.54, 1.807) is 0 Å². The molecule has 1 heterocycles. The molecule has 11 aromatic carbocycles.